The Hall–Kier alpha value is -1.69. The Morgan fingerprint density at radius 3 is 2.71 bits per heavy atom. The maximum absolute atomic E-state index is 11.6. The molecule has 6 nitrogen and oxygen atoms in total. The van der Waals surface area contributed by atoms with Crippen molar-refractivity contribution in [1.82, 2.24) is 15.3 Å². The summed E-state index contributed by atoms with van der Waals surface area (Å²) in [6.07, 6.45) is 3.95. The summed E-state index contributed by atoms with van der Waals surface area (Å²) in [5.41, 5.74) is 0. The van der Waals surface area contributed by atoms with Gasteiger partial charge in [0.2, 0.25) is 11.9 Å². The molecule has 1 atom stereocenters. The van der Waals surface area contributed by atoms with Crippen LogP contribution in [0.2, 0.25) is 0 Å². The number of nitrogens with one attached hydrogen (secondary N) is 1. The summed E-state index contributed by atoms with van der Waals surface area (Å²) >= 11 is 0. The Bertz CT molecular complexity index is 341. The lowest BCUT2D eigenvalue weighted by Crippen LogP contribution is -2.42. The van der Waals surface area contributed by atoms with Crippen LogP contribution in [0.1, 0.15) is 13.3 Å². The molecular formula is C11H18N4O2. The van der Waals surface area contributed by atoms with E-state index in [1.165, 1.54) is 0 Å². The molecule has 0 aliphatic rings. The molecule has 94 valence electrons. The van der Waals surface area contributed by atoms with Crippen LogP contribution in [0.5, 0.6) is 0 Å². The van der Waals surface area contributed by atoms with Gasteiger partial charge in [-0.15, -0.1) is 0 Å². The smallest absolute Gasteiger partial charge is 0.239 e. The summed E-state index contributed by atoms with van der Waals surface area (Å²) in [6, 6.07) is 1.53. The molecule has 0 spiro atoms. The highest BCUT2D eigenvalue weighted by molar-refractivity contribution is 5.80. The summed E-state index contributed by atoms with van der Waals surface area (Å²) in [6.45, 7) is 2.03. The molecule has 0 aliphatic heterocycles. The number of likely N-dealkylation sites (N-methyl/N-ethyl adjacent to an activating group) is 1. The summed E-state index contributed by atoms with van der Waals surface area (Å²) < 4.78 is 0. The van der Waals surface area contributed by atoms with Gasteiger partial charge in [-0.1, -0.05) is 6.92 Å². The number of carbonyl (C=O) groups is 1. The van der Waals surface area contributed by atoms with Gasteiger partial charge in [-0.25, -0.2) is 9.97 Å². The minimum atomic E-state index is -0.187. The second-order valence-electron chi connectivity index (χ2n) is 3.76. The number of hydrogen-bond donors (Lipinski definition) is 2. The third-order valence-electron chi connectivity index (χ3n) is 2.35. The van der Waals surface area contributed by atoms with Crippen molar-refractivity contribution in [2.24, 2.45) is 0 Å². The Morgan fingerprint density at radius 1 is 1.53 bits per heavy atom. The average molecular weight is 238 g/mol. The van der Waals surface area contributed by atoms with Crippen LogP contribution >= 0.6 is 0 Å². The minimum Gasteiger partial charge on any atom is -0.394 e. The molecule has 1 rings (SSSR count). The summed E-state index contributed by atoms with van der Waals surface area (Å²) in [5.74, 6) is 0.348. The van der Waals surface area contributed by atoms with E-state index in [2.05, 4.69) is 15.3 Å². The summed E-state index contributed by atoms with van der Waals surface area (Å²) in [7, 11) is 1.74. The van der Waals surface area contributed by atoms with Crippen LogP contribution in [0.3, 0.4) is 0 Å². The molecule has 0 aliphatic carbocycles. The van der Waals surface area contributed by atoms with Crippen molar-refractivity contribution in [3.63, 3.8) is 0 Å². The van der Waals surface area contributed by atoms with Crippen LogP contribution in [0, 0.1) is 0 Å². The molecule has 0 saturated carbocycles. The topological polar surface area (TPSA) is 78.4 Å². The van der Waals surface area contributed by atoms with Gasteiger partial charge in [-0.3, -0.25) is 4.79 Å². The predicted molar refractivity (Wildman–Crippen MR) is 64.6 cm³/mol. The Balaban J connectivity index is 2.46. The zero-order valence-corrected chi connectivity index (χ0v) is 10.1. The van der Waals surface area contributed by atoms with Crippen LogP contribution in [-0.2, 0) is 4.79 Å². The van der Waals surface area contributed by atoms with Gasteiger partial charge in [0.1, 0.15) is 0 Å². The lowest BCUT2D eigenvalue weighted by Gasteiger charge is -2.19. The van der Waals surface area contributed by atoms with Crippen molar-refractivity contribution in [2.75, 3.05) is 25.1 Å². The zero-order chi connectivity index (χ0) is 12.7. The zero-order valence-electron chi connectivity index (χ0n) is 10.1. The molecule has 0 fully saturated rings. The van der Waals surface area contributed by atoms with Crippen molar-refractivity contribution in [1.29, 1.82) is 0 Å². The molecule has 1 aromatic rings. The average Bonchev–Trinajstić information content (AvgIpc) is 2.37. The highest BCUT2D eigenvalue weighted by Crippen LogP contribution is 2.01. The van der Waals surface area contributed by atoms with Crippen molar-refractivity contribution in [2.45, 2.75) is 19.4 Å². The first-order chi connectivity index (χ1) is 8.17. The number of amides is 1. The monoisotopic (exact) mass is 238 g/mol. The number of aromatic nitrogens is 2. The molecule has 2 N–H and O–H groups in total. The van der Waals surface area contributed by atoms with E-state index in [0.717, 1.165) is 0 Å². The fraction of sp³-hybridized carbons (Fsp3) is 0.545. The third-order valence-corrected chi connectivity index (χ3v) is 2.35. The molecule has 0 bridgehead atoms. The molecule has 1 heterocycles. The quantitative estimate of drug-likeness (QED) is 0.717. The van der Waals surface area contributed by atoms with Crippen molar-refractivity contribution >= 4 is 11.9 Å². The molecule has 0 radical (unpaired) electrons. The first kappa shape index (κ1) is 13.4. The number of aliphatic hydroxyl groups excluding tert-OH is 1. The highest BCUT2D eigenvalue weighted by atomic mass is 16.3. The van der Waals surface area contributed by atoms with Gasteiger partial charge >= 0.3 is 0 Å². The van der Waals surface area contributed by atoms with Gasteiger partial charge in [0.05, 0.1) is 19.2 Å². The second-order valence-corrected chi connectivity index (χ2v) is 3.76. The van der Waals surface area contributed by atoms with Crippen LogP contribution in [0.4, 0.5) is 5.95 Å². The van der Waals surface area contributed by atoms with Crippen molar-refractivity contribution in [3.05, 3.63) is 18.5 Å². The number of aliphatic hydroxyl groups is 1. The first-order valence-electron chi connectivity index (χ1n) is 5.55. The number of anilines is 1. The second kappa shape index (κ2) is 6.80. The van der Waals surface area contributed by atoms with E-state index in [0.29, 0.717) is 12.4 Å². The van der Waals surface area contributed by atoms with Crippen molar-refractivity contribution in [3.8, 4) is 0 Å². The fourth-order valence-corrected chi connectivity index (χ4v) is 1.32. The fourth-order valence-electron chi connectivity index (χ4n) is 1.32. The Labute approximate surface area is 101 Å². The van der Waals surface area contributed by atoms with Crippen LogP contribution in [-0.4, -0.2) is 47.2 Å². The molecule has 1 aromatic heterocycles. The molecule has 0 unspecified atom stereocenters. The van der Waals surface area contributed by atoms with E-state index in [1.807, 2.05) is 6.92 Å². The maximum atomic E-state index is 11.6. The maximum Gasteiger partial charge on any atom is 0.239 e. The number of hydrogen-bond acceptors (Lipinski definition) is 5. The van der Waals surface area contributed by atoms with Crippen LogP contribution in [0.25, 0.3) is 0 Å². The largest absolute Gasteiger partial charge is 0.394 e. The number of carbonyl (C=O) groups excluding carboxylic acids is 1. The Morgan fingerprint density at radius 2 is 2.18 bits per heavy atom. The first-order valence-corrected chi connectivity index (χ1v) is 5.55. The number of rotatable bonds is 6. The standard InChI is InChI=1S/C11H18N4O2/c1-3-9(8-16)14-10(17)7-15(2)11-12-5-4-6-13-11/h4-6,9,16H,3,7-8H2,1-2H3,(H,14,17)/t9-/m1/s1. The van der Waals surface area contributed by atoms with E-state index in [-0.39, 0.29) is 25.1 Å². The SMILES string of the molecule is CC[C@H](CO)NC(=O)CN(C)c1ncccn1. The normalized spacial score (nSPS) is 11.9. The van der Waals surface area contributed by atoms with E-state index in [9.17, 15) is 4.79 Å². The summed E-state index contributed by atoms with van der Waals surface area (Å²) in [5, 5.41) is 11.7. The third kappa shape index (κ3) is 4.36. The van der Waals surface area contributed by atoms with E-state index < -0.39 is 0 Å². The predicted octanol–water partition coefficient (Wildman–Crippen LogP) is -0.200. The van der Waals surface area contributed by atoms with Gasteiger partial charge in [-0.05, 0) is 12.5 Å². The van der Waals surface area contributed by atoms with Gasteiger partial charge in [0.25, 0.3) is 0 Å². The van der Waals surface area contributed by atoms with Crippen LogP contribution < -0.4 is 10.2 Å². The molecule has 1 amide bonds. The van der Waals surface area contributed by atoms with Gasteiger partial charge in [0, 0.05) is 19.4 Å². The minimum absolute atomic E-state index is 0.0478. The van der Waals surface area contributed by atoms with Crippen molar-refractivity contribution < 1.29 is 9.90 Å². The molecular weight excluding hydrogens is 220 g/mol. The summed E-state index contributed by atoms with van der Waals surface area (Å²) in [4.78, 5) is 21.4. The highest BCUT2D eigenvalue weighted by Gasteiger charge is 2.12. The lowest BCUT2D eigenvalue weighted by atomic mass is 10.2. The molecule has 0 saturated heterocycles. The molecule has 6 heteroatoms. The lowest BCUT2D eigenvalue weighted by molar-refractivity contribution is -0.120. The van der Waals surface area contributed by atoms with E-state index in [1.54, 1.807) is 30.4 Å². The van der Waals surface area contributed by atoms with Gasteiger partial charge in [0.15, 0.2) is 0 Å². The van der Waals surface area contributed by atoms with Gasteiger partial charge in [-0.2, -0.15) is 0 Å². The van der Waals surface area contributed by atoms with Gasteiger partial charge < -0.3 is 15.3 Å². The molecule has 0 aromatic carbocycles. The molecule has 17 heavy (non-hydrogen) atoms. The number of nitrogens with zero attached hydrogens (tertiary/aromatic N) is 3. The Kier molecular flexibility index (Phi) is 5.35. The van der Waals surface area contributed by atoms with Crippen LogP contribution in [0.15, 0.2) is 18.5 Å². The van der Waals surface area contributed by atoms with E-state index in [4.69, 9.17) is 5.11 Å². The van der Waals surface area contributed by atoms with E-state index >= 15 is 0 Å².